The standard InChI is InChI=1S/C7H5IO3.CH4/c8-6-4-2-1-3-5(6)7(9)11-10;/h1-4,10H;1H4. The Morgan fingerprint density at radius 1 is 1.42 bits per heavy atom. The summed E-state index contributed by atoms with van der Waals surface area (Å²) in [6.07, 6.45) is 0. The molecule has 0 atom stereocenters. The van der Waals surface area contributed by atoms with E-state index in [1.807, 2.05) is 22.6 Å². The lowest BCUT2D eigenvalue weighted by Gasteiger charge is -1.97. The first-order valence-corrected chi connectivity index (χ1v) is 3.94. The van der Waals surface area contributed by atoms with Crippen LogP contribution in [0.2, 0.25) is 0 Å². The molecule has 12 heavy (non-hydrogen) atoms. The quantitative estimate of drug-likeness (QED) is 0.488. The summed E-state index contributed by atoms with van der Waals surface area (Å²) in [5.74, 6) is -0.727. The molecule has 0 bridgehead atoms. The van der Waals surface area contributed by atoms with Gasteiger partial charge in [0.25, 0.3) is 0 Å². The van der Waals surface area contributed by atoms with Crippen molar-refractivity contribution < 1.29 is 14.9 Å². The van der Waals surface area contributed by atoms with Gasteiger partial charge < -0.3 is 0 Å². The van der Waals surface area contributed by atoms with E-state index in [9.17, 15) is 4.79 Å². The van der Waals surface area contributed by atoms with Crippen LogP contribution in [0.3, 0.4) is 0 Å². The number of benzene rings is 1. The Bertz CT molecular complexity index is 273. The first-order chi connectivity index (χ1) is 5.25. The average molecular weight is 280 g/mol. The number of carbonyl (C=O) groups excluding carboxylic acids is 1. The molecule has 66 valence electrons. The SMILES string of the molecule is C.O=C(OO)c1ccccc1I. The van der Waals surface area contributed by atoms with Gasteiger partial charge in [0, 0.05) is 3.57 Å². The summed E-state index contributed by atoms with van der Waals surface area (Å²) in [6.45, 7) is 0. The number of hydrogen-bond donors (Lipinski definition) is 1. The number of rotatable bonds is 1. The third-order valence-electron chi connectivity index (χ3n) is 1.18. The third kappa shape index (κ3) is 2.46. The van der Waals surface area contributed by atoms with E-state index in [1.165, 1.54) is 0 Å². The van der Waals surface area contributed by atoms with Crippen LogP contribution < -0.4 is 0 Å². The summed E-state index contributed by atoms with van der Waals surface area (Å²) in [5, 5.41) is 8.06. The molecule has 1 rings (SSSR count). The zero-order valence-corrected chi connectivity index (χ0v) is 7.61. The fourth-order valence-corrected chi connectivity index (χ4v) is 1.28. The number of halogens is 1. The molecule has 1 aromatic carbocycles. The predicted octanol–water partition coefficient (Wildman–Crippen LogP) is 2.56. The van der Waals surface area contributed by atoms with E-state index in [-0.39, 0.29) is 7.43 Å². The minimum Gasteiger partial charge on any atom is -0.295 e. The lowest BCUT2D eigenvalue weighted by molar-refractivity contribution is -0.182. The van der Waals surface area contributed by atoms with E-state index in [0.717, 1.165) is 3.57 Å². The third-order valence-corrected chi connectivity index (χ3v) is 2.12. The molecule has 0 saturated carbocycles. The summed E-state index contributed by atoms with van der Waals surface area (Å²) in [4.78, 5) is 14.3. The molecule has 0 radical (unpaired) electrons. The number of hydrogen-bond acceptors (Lipinski definition) is 3. The molecule has 4 heteroatoms. The van der Waals surface area contributed by atoms with Crippen LogP contribution in [0.15, 0.2) is 24.3 Å². The van der Waals surface area contributed by atoms with Gasteiger partial charge in [0.15, 0.2) is 0 Å². The molecule has 0 aliphatic carbocycles. The van der Waals surface area contributed by atoms with E-state index in [4.69, 9.17) is 5.26 Å². The van der Waals surface area contributed by atoms with Crippen LogP contribution in [-0.2, 0) is 4.89 Å². The van der Waals surface area contributed by atoms with Gasteiger partial charge in [-0.2, -0.15) is 5.26 Å². The molecule has 0 amide bonds. The average Bonchev–Trinajstić information content (AvgIpc) is 2.04. The molecule has 1 N–H and O–H groups in total. The van der Waals surface area contributed by atoms with Gasteiger partial charge >= 0.3 is 5.97 Å². The summed E-state index contributed by atoms with van der Waals surface area (Å²) < 4.78 is 0.754. The van der Waals surface area contributed by atoms with Crippen molar-refractivity contribution in [3.05, 3.63) is 33.4 Å². The van der Waals surface area contributed by atoms with Crippen LogP contribution in [0.5, 0.6) is 0 Å². The highest BCUT2D eigenvalue weighted by Gasteiger charge is 2.08. The fraction of sp³-hybridized carbons (Fsp3) is 0.125. The normalized spacial score (nSPS) is 8.50. The number of carbonyl (C=O) groups is 1. The topological polar surface area (TPSA) is 46.5 Å². The molecule has 0 heterocycles. The Labute approximate surface area is 84.4 Å². The summed E-state index contributed by atoms with van der Waals surface area (Å²) in [7, 11) is 0. The zero-order chi connectivity index (χ0) is 8.27. The maximum Gasteiger partial charge on any atom is 0.373 e. The van der Waals surface area contributed by atoms with Gasteiger partial charge in [-0.1, -0.05) is 19.6 Å². The minimum atomic E-state index is -0.727. The second-order valence-electron chi connectivity index (χ2n) is 1.86. The Morgan fingerprint density at radius 2 is 2.00 bits per heavy atom. The van der Waals surface area contributed by atoms with E-state index < -0.39 is 5.97 Å². The van der Waals surface area contributed by atoms with Crippen molar-refractivity contribution in [2.75, 3.05) is 0 Å². The largest absolute Gasteiger partial charge is 0.373 e. The van der Waals surface area contributed by atoms with Crippen molar-refractivity contribution in [1.29, 1.82) is 0 Å². The van der Waals surface area contributed by atoms with Gasteiger partial charge in [-0.25, -0.2) is 4.79 Å². The molecule has 0 saturated heterocycles. The summed E-state index contributed by atoms with van der Waals surface area (Å²) >= 11 is 1.99. The highest BCUT2D eigenvalue weighted by molar-refractivity contribution is 14.1. The second kappa shape index (κ2) is 5.10. The van der Waals surface area contributed by atoms with Crippen molar-refractivity contribution >= 4 is 28.6 Å². The van der Waals surface area contributed by atoms with Gasteiger partial charge in [0.2, 0.25) is 0 Å². The summed E-state index contributed by atoms with van der Waals surface area (Å²) in [5.41, 5.74) is 0.371. The van der Waals surface area contributed by atoms with E-state index in [2.05, 4.69) is 4.89 Å². The van der Waals surface area contributed by atoms with Crippen molar-refractivity contribution in [3.63, 3.8) is 0 Å². The molecule has 0 aliphatic heterocycles. The first kappa shape index (κ1) is 11.4. The van der Waals surface area contributed by atoms with Crippen molar-refractivity contribution in [1.82, 2.24) is 0 Å². The van der Waals surface area contributed by atoms with Crippen molar-refractivity contribution in [2.24, 2.45) is 0 Å². The molecular formula is C8H9IO3. The van der Waals surface area contributed by atoms with Crippen LogP contribution in [0.1, 0.15) is 17.8 Å². The van der Waals surface area contributed by atoms with Crippen LogP contribution in [0, 0.1) is 3.57 Å². The van der Waals surface area contributed by atoms with Gasteiger partial charge in [0.1, 0.15) is 0 Å². The maximum absolute atomic E-state index is 10.8. The van der Waals surface area contributed by atoms with E-state index in [0.29, 0.717) is 5.56 Å². The minimum absolute atomic E-state index is 0. The fourth-order valence-electron chi connectivity index (χ4n) is 0.676. The second-order valence-corrected chi connectivity index (χ2v) is 3.02. The molecule has 0 spiro atoms. The molecule has 0 aliphatic rings. The Hall–Kier alpha value is -0.620. The van der Waals surface area contributed by atoms with Crippen LogP contribution in [0.25, 0.3) is 0 Å². The lowest BCUT2D eigenvalue weighted by atomic mass is 10.2. The smallest absolute Gasteiger partial charge is 0.295 e. The first-order valence-electron chi connectivity index (χ1n) is 2.86. The Kier molecular flexibility index (Phi) is 4.84. The molecule has 0 unspecified atom stereocenters. The predicted molar refractivity (Wildman–Crippen MR) is 53.9 cm³/mol. The highest BCUT2D eigenvalue weighted by atomic mass is 127. The lowest BCUT2D eigenvalue weighted by Crippen LogP contribution is -2.03. The maximum atomic E-state index is 10.8. The molecule has 3 nitrogen and oxygen atoms in total. The monoisotopic (exact) mass is 280 g/mol. The molecule has 1 aromatic rings. The van der Waals surface area contributed by atoms with Crippen LogP contribution in [0.4, 0.5) is 0 Å². The van der Waals surface area contributed by atoms with Gasteiger partial charge in [-0.3, -0.25) is 4.89 Å². The summed E-state index contributed by atoms with van der Waals surface area (Å²) in [6, 6.07) is 6.84. The molecule has 0 fully saturated rings. The van der Waals surface area contributed by atoms with Crippen molar-refractivity contribution in [2.45, 2.75) is 7.43 Å². The van der Waals surface area contributed by atoms with E-state index in [1.54, 1.807) is 24.3 Å². The zero-order valence-electron chi connectivity index (χ0n) is 5.45. The Morgan fingerprint density at radius 3 is 2.50 bits per heavy atom. The van der Waals surface area contributed by atoms with Gasteiger partial charge in [-0.05, 0) is 34.7 Å². The highest BCUT2D eigenvalue weighted by Crippen LogP contribution is 2.11. The van der Waals surface area contributed by atoms with E-state index >= 15 is 0 Å². The van der Waals surface area contributed by atoms with Crippen molar-refractivity contribution in [3.8, 4) is 0 Å². The van der Waals surface area contributed by atoms with Gasteiger partial charge in [-0.15, -0.1) is 0 Å². The van der Waals surface area contributed by atoms with Crippen LogP contribution >= 0.6 is 22.6 Å². The molecule has 0 aromatic heterocycles. The molecular weight excluding hydrogens is 271 g/mol. The Balaban J connectivity index is 0.00000121. The van der Waals surface area contributed by atoms with Crippen LogP contribution in [-0.4, -0.2) is 11.2 Å². The van der Waals surface area contributed by atoms with Gasteiger partial charge in [0.05, 0.1) is 5.56 Å².